The van der Waals surface area contributed by atoms with Crippen molar-refractivity contribution in [3.05, 3.63) is 35.9 Å². The highest BCUT2D eigenvalue weighted by Crippen LogP contribution is 2.10. The first-order chi connectivity index (χ1) is 6.70. The molecule has 1 amide bonds. The van der Waals surface area contributed by atoms with Gasteiger partial charge in [-0.1, -0.05) is 44.2 Å². The molecule has 0 aromatic heterocycles. The molecule has 1 atom stereocenters. The molecule has 0 unspecified atom stereocenters. The van der Waals surface area contributed by atoms with Crippen molar-refractivity contribution in [2.75, 3.05) is 0 Å². The number of rotatable bonds is 2. The lowest BCUT2D eigenvalue weighted by Gasteiger charge is -2.11. The van der Waals surface area contributed by atoms with Gasteiger partial charge in [-0.3, -0.25) is 4.79 Å². The highest BCUT2D eigenvalue weighted by atomic mass is 16.1. The van der Waals surface area contributed by atoms with E-state index in [4.69, 9.17) is 0 Å². The van der Waals surface area contributed by atoms with Gasteiger partial charge in [-0.05, 0) is 12.5 Å². The summed E-state index contributed by atoms with van der Waals surface area (Å²) in [5.41, 5.74) is 1.13. The molecule has 1 aromatic rings. The number of carbonyl (C=O) groups excluding carboxylic acids is 1. The summed E-state index contributed by atoms with van der Waals surface area (Å²) >= 11 is 0. The highest BCUT2D eigenvalue weighted by molar-refractivity contribution is 5.73. The fourth-order valence-electron chi connectivity index (χ4n) is 1.13. The molecule has 2 nitrogen and oxygen atoms in total. The number of hydrogen-bond donors (Lipinski definition) is 1. The Balaban J connectivity index is 0.000000791. The van der Waals surface area contributed by atoms with E-state index in [2.05, 4.69) is 5.32 Å². The zero-order valence-electron chi connectivity index (χ0n) is 9.37. The molecule has 0 aliphatic rings. The summed E-state index contributed by atoms with van der Waals surface area (Å²) in [6.45, 7) is 7.50. The van der Waals surface area contributed by atoms with Crippen molar-refractivity contribution >= 4 is 5.91 Å². The minimum absolute atomic E-state index is 0.00588. The first kappa shape index (κ1) is 12.7. The first-order valence-electron chi connectivity index (χ1n) is 5.02. The Bertz CT molecular complexity index is 256. The van der Waals surface area contributed by atoms with E-state index in [0.717, 1.165) is 5.56 Å². The van der Waals surface area contributed by atoms with Crippen LogP contribution >= 0.6 is 0 Å². The van der Waals surface area contributed by atoms with Crippen LogP contribution in [0.4, 0.5) is 0 Å². The molecule has 14 heavy (non-hydrogen) atoms. The summed E-state index contributed by atoms with van der Waals surface area (Å²) in [6.07, 6.45) is 0. The predicted molar refractivity (Wildman–Crippen MR) is 60.0 cm³/mol. The summed E-state index contributed by atoms with van der Waals surface area (Å²) in [5.74, 6) is 0.00588. The molecule has 0 saturated heterocycles. The van der Waals surface area contributed by atoms with Crippen LogP contribution < -0.4 is 5.32 Å². The largest absolute Gasteiger partial charge is 0.350 e. The van der Waals surface area contributed by atoms with Gasteiger partial charge in [-0.2, -0.15) is 0 Å². The third kappa shape index (κ3) is 4.65. The van der Waals surface area contributed by atoms with Crippen LogP contribution in [-0.2, 0) is 4.79 Å². The van der Waals surface area contributed by atoms with Crippen molar-refractivity contribution in [3.63, 3.8) is 0 Å². The lowest BCUT2D eigenvalue weighted by Crippen LogP contribution is -2.23. The summed E-state index contributed by atoms with van der Waals surface area (Å²) in [4.78, 5) is 10.7. The van der Waals surface area contributed by atoms with Gasteiger partial charge >= 0.3 is 0 Å². The van der Waals surface area contributed by atoms with Gasteiger partial charge in [0.2, 0.25) is 5.91 Å². The van der Waals surface area contributed by atoms with Crippen LogP contribution in [0.5, 0.6) is 0 Å². The lowest BCUT2D eigenvalue weighted by molar-refractivity contribution is -0.119. The van der Waals surface area contributed by atoms with E-state index in [0.29, 0.717) is 0 Å². The van der Waals surface area contributed by atoms with Gasteiger partial charge in [-0.15, -0.1) is 0 Å². The van der Waals surface area contributed by atoms with Crippen LogP contribution in [0.1, 0.15) is 39.3 Å². The third-order valence-electron chi connectivity index (χ3n) is 1.72. The maximum atomic E-state index is 10.7. The van der Waals surface area contributed by atoms with Crippen molar-refractivity contribution < 1.29 is 4.79 Å². The normalized spacial score (nSPS) is 10.9. The van der Waals surface area contributed by atoms with Crippen LogP contribution in [0.3, 0.4) is 0 Å². The second kappa shape index (κ2) is 7.13. The van der Waals surface area contributed by atoms with E-state index < -0.39 is 0 Å². The standard InChI is InChI=1S/C10H13NO.C2H6/c1-8(11-9(2)12)10-6-4-3-5-7-10;1-2/h3-8H,1-2H3,(H,11,12);1-2H3/t8-;/m1./s1. The van der Waals surface area contributed by atoms with E-state index in [1.807, 2.05) is 51.1 Å². The fourth-order valence-corrected chi connectivity index (χ4v) is 1.13. The first-order valence-corrected chi connectivity index (χ1v) is 5.02. The molecular formula is C12H19NO. The molecule has 78 valence electrons. The van der Waals surface area contributed by atoms with Crippen molar-refractivity contribution in [2.24, 2.45) is 0 Å². The molecule has 0 bridgehead atoms. The number of hydrogen-bond acceptors (Lipinski definition) is 1. The topological polar surface area (TPSA) is 29.1 Å². The molecular weight excluding hydrogens is 174 g/mol. The summed E-state index contributed by atoms with van der Waals surface area (Å²) in [5, 5.41) is 2.82. The molecule has 1 aromatic carbocycles. The molecule has 0 heterocycles. The number of nitrogens with one attached hydrogen (secondary N) is 1. The Kier molecular flexibility index (Phi) is 6.46. The van der Waals surface area contributed by atoms with Crippen LogP contribution in [0.15, 0.2) is 30.3 Å². The number of carbonyl (C=O) groups is 1. The minimum Gasteiger partial charge on any atom is -0.350 e. The van der Waals surface area contributed by atoms with Crippen molar-refractivity contribution in [1.82, 2.24) is 5.32 Å². The maximum absolute atomic E-state index is 10.7. The van der Waals surface area contributed by atoms with E-state index in [1.54, 1.807) is 0 Å². The smallest absolute Gasteiger partial charge is 0.217 e. The van der Waals surface area contributed by atoms with Crippen LogP contribution in [0.2, 0.25) is 0 Å². The van der Waals surface area contributed by atoms with E-state index in [-0.39, 0.29) is 11.9 Å². The summed E-state index contributed by atoms with van der Waals surface area (Å²) < 4.78 is 0. The molecule has 2 heteroatoms. The van der Waals surface area contributed by atoms with E-state index in [9.17, 15) is 4.79 Å². The molecule has 1 N–H and O–H groups in total. The summed E-state index contributed by atoms with van der Waals surface area (Å²) in [7, 11) is 0. The van der Waals surface area contributed by atoms with Crippen molar-refractivity contribution in [3.8, 4) is 0 Å². The third-order valence-corrected chi connectivity index (χ3v) is 1.72. The van der Waals surface area contributed by atoms with Gasteiger partial charge in [0.15, 0.2) is 0 Å². The monoisotopic (exact) mass is 193 g/mol. The zero-order chi connectivity index (χ0) is 11.0. The van der Waals surface area contributed by atoms with Gasteiger partial charge in [-0.25, -0.2) is 0 Å². The van der Waals surface area contributed by atoms with E-state index >= 15 is 0 Å². The van der Waals surface area contributed by atoms with Gasteiger partial charge in [0.25, 0.3) is 0 Å². The molecule has 0 aliphatic carbocycles. The van der Waals surface area contributed by atoms with Crippen molar-refractivity contribution in [2.45, 2.75) is 33.7 Å². The zero-order valence-corrected chi connectivity index (χ0v) is 9.37. The van der Waals surface area contributed by atoms with Gasteiger partial charge in [0.05, 0.1) is 6.04 Å². The average Bonchev–Trinajstić information content (AvgIpc) is 2.21. The maximum Gasteiger partial charge on any atom is 0.217 e. The van der Waals surface area contributed by atoms with E-state index in [1.165, 1.54) is 6.92 Å². The Morgan fingerprint density at radius 1 is 1.21 bits per heavy atom. The number of benzene rings is 1. The Morgan fingerprint density at radius 3 is 2.14 bits per heavy atom. The Hall–Kier alpha value is -1.31. The molecule has 0 aliphatic heterocycles. The van der Waals surface area contributed by atoms with Crippen LogP contribution in [-0.4, -0.2) is 5.91 Å². The number of amides is 1. The molecule has 0 saturated carbocycles. The molecule has 0 spiro atoms. The SMILES string of the molecule is CC.CC(=O)N[C@H](C)c1ccccc1. The Labute approximate surface area is 86.3 Å². The van der Waals surface area contributed by atoms with Gasteiger partial charge < -0.3 is 5.32 Å². The fraction of sp³-hybridized carbons (Fsp3) is 0.417. The van der Waals surface area contributed by atoms with Gasteiger partial charge in [0.1, 0.15) is 0 Å². The highest BCUT2D eigenvalue weighted by Gasteiger charge is 2.03. The molecule has 0 fully saturated rings. The van der Waals surface area contributed by atoms with Crippen LogP contribution in [0.25, 0.3) is 0 Å². The lowest BCUT2D eigenvalue weighted by atomic mass is 10.1. The molecule has 0 radical (unpaired) electrons. The predicted octanol–water partition coefficient (Wildman–Crippen LogP) is 2.91. The Morgan fingerprint density at radius 2 is 1.71 bits per heavy atom. The van der Waals surface area contributed by atoms with Gasteiger partial charge in [0, 0.05) is 6.92 Å². The minimum atomic E-state index is 0.00588. The quantitative estimate of drug-likeness (QED) is 0.768. The second-order valence-corrected chi connectivity index (χ2v) is 2.83. The van der Waals surface area contributed by atoms with Crippen LogP contribution in [0, 0.1) is 0 Å². The molecule has 1 rings (SSSR count). The summed E-state index contributed by atoms with van der Waals surface area (Å²) in [6, 6.07) is 10.00. The average molecular weight is 193 g/mol. The second-order valence-electron chi connectivity index (χ2n) is 2.83. The van der Waals surface area contributed by atoms with Crippen molar-refractivity contribution in [1.29, 1.82) is 0 Å².